The molecule has 1 atom stereocenters. The minimum Gasteiger partial charge on any atom is -0.383 e. The third kappa shape index (κ3) is 4.08. The SMILES string of the molecule is CNC(COC)CSc1ccc(F)c(F)c1. The highest BCUT2D eigenvalue weighted by Gasteiger charge is 2.08. The summed E-state index contributed by atoms with van der Waals surface area (Å²) >= 11 is 1.47. The van der Waals surface area contributed by atoms with Gasteiger partial charge in [0.05, 0.1) is 6.61 Å². The average Bonchev–Trinajstić information content (AvgIpc) is 2.28. The Kier molecular flexibility index (Phi) is 5.73. The topological polar surface area (TPSA) is 21.3 Å². The number of benzene rings is 1. The lowest BCUT2D eigenvalue weighted by Crippen LogP contribution is -2.32. The van der Waals surface area contributed by atoms with Crippen LogP contribution in [0.4, 0.5) is 8.78 Å². The monoisotopic (exact) mass is 247 g/mol. The fourth-order valence-corrected chi connectivity index (χ4v) is 2.19. The molecule has 1 aromatic rings. The minimum atomic E-state index is -0.814. The molecule has 1 aromatic carbocycles. The second kappa shape index (κ2) is 6.83. The van der Waals surface area contributed by atoms with E-state index in [4.69, 9.17) is 4.74 Å². The molecule has 90 valence electrons. The Morgan fingerprint density at radius 2 is 2.12 bits per heavy atom. The molecule has 0 radical (unpaired) electrons. The summed E-state index contributed by atoms with van der Waals surface area (Å²) in [7, 11) is 3.47. The first-order chi connectivity index (χ1) is 7.67. The van der Waals surface area contributed by atoms with Gasteiger partial charge in [-0.15, -0.1) is 11.8 Å². The summed E-state index contributed by atoms with van der Waals surface area (Å²) in [4.78, 5) is 0.718. The summed E-state index contributed by atoms with van der Waals surface area (Å²) in [5.41, 5.74) is 0. The molecule has 0 saturated carbocycles. The third-order valence-electron chi connectivity index (χ3n) is 2.12. The van der Waals surface area contributed by atoms with E-state index >= 15 is 0 Å². The van der Waals surface area contributed by atoms with E-state index in [2.05, 4.69) is 5.32 Å². The molecule has 1 unspecified atom stereocenters. The van der Waals surface area contributed by atoms with Crippen LogP contribution in [0.5, 0.6) is 0 Å². The van der Waals surface area contributed by atoms with Crippen LogP contribution in [0.2, 0.25) is 0 Å². The number of halogens is 2. The quantitative estimate of drug-likeness (QED) is 0.779. The molecule has 0 aliphatic heterocycles. The van der Waals surface area contributed by atoms with Gasteiger partial charge in [0.1, 0.15) is 0 Å². The average molecular weight is 247 g/mol. The molecule has 0 fully saturated rings. The van der Waals surface area contributed by atoms with Gasteiger partial charge in [-0.1, -0.05) is 0 Å². The summed E-state index contributed by atoms with van der Waals surface area (Å²) in [5, 5.41) is 3.09. The number of hydrogen-bond acceptors (Lipinski definition) is 3. The summed E-state index contributed by atoms with van der Waals surface area (Å²) < 4.78 is 30.6. The van der Waals surface area contributed by atoms with Crippen LogP contribution in [0.1, 0.15) is 0 Å². The molecule has 0 spiro atoms. The predicted octanol–water partition coefficient (Wildman–Crippen LogP) is 2.29. The van der Waals surface area contributed by atoms with Gasteiger partial charge in [-0.2, -0.15) is 0 Å². The zero-order valence-electron chi connectivity index (χ0n) is 9.30. The molecule has 0 aromatic heterocycles. The maximum absolute atomic E-state index is 12.9. The first kappa shape index (κ1) is 13.4. The van der Waals surface area contributed by atoms with Crippen LogP contribution in [0.3, 0.4) is 0 Å². The lowest BCUT2D eigenvalue weighted by atomic mass is 10.3. The summed E-state index contributed by atoms with van der Waals surface area (Å²) in [6, 6.07) is 4.12. The van der Waals surface area contributed by atoms with Crippen molar-refractivity contribution < 1.29 is 13.5 Å². The number of likely N-dealkylation sites (N-methyl/N-ethyl adjacent to an activating group) is 1. The third-order valence-corrected chi connectivity index (χ3v) is 3.27. The van der Waals surface area contributed by atoms with Crippen LogP contribution in [0.25, 0.3) is 0 Å². The Morgan fingerprint density at radius 3 is 2.69 bits per heavy atom. The molecule has 0 aliphatic carbocycles. The zero-order valence-corrected chi connectivity index (χ0v) is 10.1. The zero-order chi connectivity index (χ0) is 12.0. The number of rotatable bonds is 6. The second-order valence-electron chi connectivity index (χ2n) is 3.33. The largest absolute Gasteiger partial charge is 0.383 e. The smallest absolute Gasteiger partial charge is 0.159 e. The molecule has 1 N–H and O–H groups in total. The van der Waals surface area contributed by atoms with E-state index in [9.17, 15) is 8.78 Å². The van der Waals surface area contributed by atoms with Gasteiger partial charge >= 0.3 is 0 Å². The standard InChI is InChI=1S/C11H15F2NOS/c1-14-8(6-15-2)7-16-9-3-4-10(12)11(13)5-9/h3-5,8,14H,6-7H2,1-2H3. The first-order valence-electron chi connectivity index (χ1n) is 4.91. The van der Waals surface area contributed by atoms with Crippen LogP contribution in [0, 0.1) is 11.6 Å². The van der Waals surface area contributed by atoms with Crippen molar-refractivity contribution in [2.24, 2.45) is 0 Å². The van der Waals surface area contributed by atoms with Crippen LogP contribution in [-0.2, 0) is 4.74 Å². The second-order valence-corrected chi connectivity index (χ2v) is 4.42. The van der Waals surface area contributed by atoms with E-state index in [0.29, 0.717) is 6.61 Å². The van der Waals surface area contributed by atoms with Crippen molar-refractivity contribution in [3.8, 4) is 0 Å². The summed E-state index contributed by atoms with van der Waals surface area (Å²) in [6.07, 6.45) is 0. The van der Waals surface area contributed by atoms with Gasteiger partial charge in [0.15, 0.2) is 11.6 Å². The molecule has 0 saturated heterocycles. The van der Waals surface area contributed by atoms with Crippen LogP contribution in [0.15, 0.2) is 23.1 Å². The Labute approximate surface area is 98.4 Å². The molecule has 2 nitrogen and oxygen atoms in total. The molecule has 5 heteroatoms. The highest BCUT2D eigenvalue weighted by molar-refractivity contribution is 7.99. The highest BCUT2D eigenvalue weighted by atomic mass is 32.2. The molecular formula is C11H15F2NOS. The number of nitrogens with one attached hydrogen (secondary N) is 1. The fourth-order valence-electron chi connectivity index (χ4n) is 1.18. The maximum Gasteiger partial charge on any atom is 0.159 e. The Hall–Kier alpha value is -0.650. The highest BCUT2D eigenvalue weighted by Crippen LogP contribution is 2.21. The lowest BCUT2D eigenvalue weighted by molar-refractivity contribution is 0.177. The van der Waals surface area contributed by atoms with E-state index in [1.54, 1.807) is 13.2 Å². The molecular weight excluding hydrogens is 232 g/mol. The van der Waals surface area contributed by atoms with Crippen molar-refractivity contribution in [1.82, 2.24) is 5.32 Å². The maximum atomic E-state index is 12.9. The van der Waals surface area contributed by atoms with Crippen LogP contribution >= 0.6 is 11.8 Å². The number of thioether (sulfide) groups is 1. The fraction of sp³-hybridized carbons (Fsp3) is 0.455. The predicted molar refractivity (Wildman–Crippen MR) is 61.8 cm³/mol. The lowest BCUT2D eigenvalue weighted by Gasteiger charge is -2.14. The summed E-state index contributed by atoms with van der Waals surface area (Å²) in [5.74, 6) is -0.876. The van der Waals surface area contributed by atoms with E-state index in [-0.39, 0.29) is 6.04 Å². The molecule has 0 amide bonds. The summed E-state index contributed by atoms with van der Waals surface area (Å²) in [6.45, 7) is 0.590. The van der Waals surface area contributed by atoms with Crippen molar-refractivity contribution >= 4 is 11.8 Å². The van der Waals surface area contributed by atoms with Crippen LogP contribution in [-0.4, -0.2) is 32.6 Å². The van der Waals surface area contributed by atoms with E-state index in [1.165, 1.54) is 17.8 Å². The van der Waals surface area contributed by atoms with Crippen molar-refractivity contribution in [3.05, 3.63) is 29.8 Å². The van der Waals surface area contributed by atoms with E-state index < -0.39 is 11.6 Å². The van der Waals surface area contributed by atoms with Crippen molar-refractivity contribution in [2.75, 3.05) is 26.5 Å². The molecule has 1 rings (SSSR count). The van der Waals surface area contributed by atoms with Gasteiger partial charge in [0.25, 0.3) is 0 Å². The molecule has 0 aliphatic rings. The van der Waals surface area contributed by atoms with Gasteiger partial charge in [-0.25, -0.2) is 8.78 Å². The van der Waals surface area contributed by atoms with Crippen molar-refractivity contribution in [3.63, 3.8) is 0 Å². The van der Waals surface area contributed by atoms with E-state index in [0.717, 1.165) is 16.7 Å². The van der Waals surface area contributed by atoms with Gasteiger partial charge in [-0.05, 0) is 25.2 Å². The minimum absolute atomic E-state index is 0.197. The van der Waals surface area contributed by atoms with Crippen molar-refractivity contribution in [2.45, 2.75) is 10.9 Å². The van der Waals surface area contributed by atoms with Gasteiger partial charge < -0.3 is 10.1 Å². The Balaban J connectivity index is 2.50. The van der Waals surface area contributed by atoms with Gasteiger partial charge in [0.2, 0.25) is 0 Å². The Morgan fingerprint density at radius 1 is 1.38 bits per heavy atom. The molecule has 16 heavy (non-hydrogen) atoms. The number of hydrogen-bond donors (Lipinski definition) is 1. The van der Waals surface area contributed by atoms with Gasteiger partial charge in [0, 0.05) is 23.8 Å². The van der Waals surface area contributed by atoms with Gasteiger partial charge in [-0.3, -0.25) is 0 Å². The van der Waals surface area contributed by atoms with Crippen molar-refractivity contribution in [1.29, 1.82) is 0 Å². The first-order valence-corrected chi connectivity index (χ1v) is 5.90. The Bertz CT molecular complexity index is 336. The van der Waals surface area contributed by atoms with Crippen LogP contribution < -0.4 is 5.32 Å². The number of methoxy groups -OCH3 is 1. The molecule has 0 bridgehead atoms. The normalized spacial score (nSPS) is 12.8. The van der Waals surface area contributed by atoms with E-state index in [1.807, 2.05) is 7.05 Å². The number of ether oxygens (including phenoxy) is 1. The molecule has 0 heterocycles.